The van der Waals surface area contributed by atoms with Crippen molar-refractivity contribution in [3.05, 3.63) is 109 Å². The van der Waals surface area contributed by atoms with E-state index in [2.05, 4.69) is 10.0 Å². The second-order valence-corrected chi connectivity index (χ2v) is 11.1. The van der Waals surface area contributed by atoms with Crippen molar-refractivity contribution in [3.63, 3.8) is 0 Å². The first-order valence-electron chi connectivity index (χ1n) is 13.1. The Morgan fingerprint density at radius 3 is 2.40 bits per heavy atom. The summed E-state index contributed by atoms with van der Waals surface area (Å²) in [5.41, 5.74) is 1.83. The first-order chi connectivity index (χ1) is 20.3. The van der Waals surface area contributed by atoms with E-state index in [-0.39, 0.29) is 29.9 Å². The summed E-state index contributed by atoms with van der Waals surface area (Å²) < 4.78 is 44.9. The highest BCUT2D eigenvalue weighted by molar-refractivity contribution is 7.92. The fourth-order valence-corrected chi connectivity index (χ4v) is 5.39. The average molecular weight is 588 g/mol. The minimum absolute atomic E-state index is 0.00690. The van der Waals surface area contributed by atoms with Crippen LogP contribution in [0.4, 0.5) is 11.4 Å². The van der Waals surface area contributed by atoms with Crippen molar-refractivity contribution in [2.24, 2.45) is 0 Å². The van der Waals surface area contributed by atoms with Gasteiger partial charge in [0, 0.05) is 12.6 Å². The average Bonchev–Trinajstić information content (AvgIpc) is 3.02. The van der Waals surface area contributed by atoms with Crippen molar-refractivity contribution < 1.29 is 32.2 Å². The number of rotatable bonds is 10. The Morgan fingerprint density at radius 2 is 1.64 bits per heavy atom. The number of ether oxygens (including phenoxy) is 3. The summed E-state index contributed by atoms with van der Waals surface area (Å²) in [6.45, 7) is 0.00676. The van der Waals surface area contributed by atoms with Crippen LogP contribution >= 0.6 is 0 Å². The maximum Gasteiger partial charge on any atom is 0.265 e. The zero-order valence-corrected chi connectivity index (χ0v) is 23.5. The van der Waals surface area contributed by atoms with Gasteiger partial charge in [0.15, 0.2) is 12.7 Å². The van der Waals surface area contributed by atoms with Gasteiger partial charge in [0.1, 0.15) is 17.2 Å². The van der Waals surface area contributed by atoms with E-state index in [9.17, 15) is 18.0 Å². The van der Waals surface area contributed by atoms with E-state index in [4.69, 9.17) is 14.2 Å². The summed E-state index contributed by atoms with van der Waals surface area (Å²) in [7, 11) is -2.36. The lowest BCUT2D eigenvalue weighted by atomic mass is 10.1. The number of nitrogens with one attached hydrogen (secondary N) is 2. The molecule has 1 heterocycles. The van der Waals surface area contributed by atoms with Gasteiger partial charge in [0.2, 0.25) is 0 Å². The largest absolute Gasteiger partial charge is 0.497 e. The van der Waals surface area contributed by atoms with E-state index >= 15 is 0 Å². The number of anilines is 2. The van der Waals surface area contributed by atoms with Gasteiger partial charge in [-0.25, -0.2) is 8.42 Å². The van der Waals surface area contributed by atoms with Crippen LogP contribution < -0.4 is 29.1 Å². The molecule has 216 valence electrons. The van der Waals surface area contributed by atoms with Gasteiger partial charge >= 0.3 is 0 Å². The highest BCUT2D eigenvalue weighted by Gasteiger charge is 2.33. The minimum atomic E-state index is -3.86. The molecule has 0 saturated carbocycles. The topological polar surface area (TPSA) is 123 Å². The molecule has 0 spiro atoms. The monoisotopic (exact) mass is 587 g/mol. The first kappa shape index (κ1) is 28.5. The van der Waals surface area contributed by atoms with E-state index in [0.717, 1.165) is 5.56 Å². The van der Waals surface area contributed by atoms with E-state index in [0.29, 0.717) is 35.2 Å². The van der Waals surface area contributed by atoms with Crippen molar-refractivity contribution in [3.8, 4) is 17.2 Å². The molecular weight excluding hydrogens is 558 g/mol. The summed E-state index contributed by atoms with van der Waals surface area (Å²) in [4.78, 5) is 27.7. The van der Waals surface area contributed by atoms with Crippen molar-refractivity contribution in [2.75, 3.05) is 29.9 Å². The fraction of sp³-hybridized carbons (Fsp3) is 0.161. The number of benzene rings is 4. The Balaban J connectivity index is 1.21. The van der Waals surface area contributed by atoms with E-state index in [1.807, 2.05) is 30.3 Å². The van der Waals surface area contributed by atoms with Crippen LogP contribution in [0.3, 0.4) is 0 Å². The molecule has 0 saturated heterocycles. The lowest BCUT2D eigenvalue weighted by Gasteiger charge is -2.34. The number of sulfonamides is 1. The second kappa shape index (κ2) is 12.6. The first-order valence-corrected chi connectivity index (χ1v) is 14.6. The Labute approximate surface area is 243 Å². The minimum Gasteiger partial charge on any atom is -0.497 e. The molecule has 2 amide bonds. The fourth-order valence-electron chi connectivity index (χ4n) is 4.34. The third-order valence-electron chi connectivity index (χ3n) is 6.50. The summed E-state index contributed by atoms with van der Waals surface area (Å²) in [6.07, 6.45) is -0.908. The summed E-state index contributed by atoms with van der Waals surface area (Å²) in [5.74, 6) is 0.512. The van der Waals surface area contributed by atoms with Gasteiger partial charge in [0.05, 0.1) is 29.9 Å². The molecule has 10 nitrogen and oxygen atoms in total. The van der Waals surface area contributed by atoms with Gasteiger partial charge < -0.3 is 24.4 Å². The Hall–Kier alpha value is -5.03. The molecule has 1 aliphatic heterocycles. The molecule has 0 aromatic heterocycles. The summed E-state index contributed by atoms with van der Waals surface area (Å²) >= 11 is 0. The predicted octanol–water partition coefficient (Wildman–Crippen LogP) is 3.99. The molecule has 0 bridgehead atoms. The van der Waals surface area contributed by atoms with Crippen LogP contribution in [0, 0.1) is 0 Å². The van der Waals surface area contributed by atoms with Crippen LogP contribution in [0.2, 0.25) is 0 Å². The van der Waals surface area contributed by atoms with Crippen molar-refractivity contribution >= 4 is 33.2 Å². The number of carbonyl (C=O) groups excluding carboxylic acids is 2. The van der Waals surface area contributed by atoms with Crippen molar-refractivity contribution in [1.82, 2.24) is 5.32 Å². The molecule has 11 heteroatoms. The smallest absolute Gasteiger partial charge is 0.265 e. The van der Waals surface area contributed by atoms with Gasteiger partial charge in [-0.15, -0.1) is 0 Å². The van der Waals surface area contributed by atoms with Gasteiger partial charge in [-0.1, -0.05) is 48.5 Å². The van der Waals surface area contributed by atoms with Crippen LogP contribution in [0.1, 0.15) is 5.56 Å². The maximum absolute atomic E-state index is 13.3. The molecule has 0 unspecified atom stereocenters. The molecule has 1 atom stereocenters. The van der Waals surface area contributed by atoms with E-state index in [1.54, 1.807) is 48.5 Å². The van der Waals surface area contributed by atoms with Crippen LogP contribution in [0.5, 0.6) is 17.2 Å². The number of para-hydroxylation sites is 2. The maximum atomic E-state index is 13.3. The zero-order valence-electron chi connectivity index (χ0n) is 22.7. The molecule has 0 radical (unpaired) electrons. The number of methoxy groups -OCH3 is 1. The van der Waals surface area contributed by atoms with Gasteiger partial charge in [-0.05, 0) is 54.1 Å². The molecule has 0 aliphatic carbocycles. The normalized spacial score (nSPS) is 14.2. The summed E-state index contributed by atoms with van der Waals surface area (Å²) in [5, 5.41) is 2.86. The quantitative estimate of drug-likeness (QED) is 0.288. The predicted molar refractivity (Wildman–Crippen MR) is 157 cm³/mol. The SMILES string of the molecule is COc1cccc(NS(=O)(=O)c2ccc(OCC(=O)N3C[C@@H](C(=O)NCc4ccccc4)Oc4ccccc43)cc2)c1. The van der Waals surface area contributed by atoms with Crippen LogP contribution in [0.25, 0.3) is 0 Å². The molecule has 0 fully saturated rings. The number of amides is 2. The molecule has 4 aromatic rings. The van der Waals surface area contributed by atoms with E-state index in [1.165, 1.54) is 36.3 Å². The van der Waals surface area contributed by atoms with Gasteiger partial charge in [0.25, 0.3) is 21.8 Å². The highest BCUT2D eigenvalue weighted by atomic mass is 32.2. The third-order valence-corrected chi connectivity index (χ3v) is 7.89. The number of hydrogen-bond donors (Lipinski definition) is 2. The number of carbonyl (C=O) groups is 2. The zero-order chi connectivity index (χ0) is 29.5. The Kier molecular flexibility index (Phi) is 8.58. The molecular formula is C31H29N3O7S. The van der Waals surface area contributed by atoms with Gasteiger partial charge in [-0.3, -0.25) is 14.3 Å². The van der Waals surface area contributed by atoms with Crippen molar-refractivity contribution in [2.45, 2.75) is 17.5 Å². The van der Waals surface area contributed by atoms with Gasteiger partial charge in [-0.2, -0.15) is 0 Å². The molecule has 5 rings (SSSR count). The standard InChI is InChI=1S/C31H29N3O7S/c1-39-25-11-7-10-23(18-25)33-42(37,38)26-16-14-24(15-17-26)40-21-30(35)34-20-29(41-28-13-6-5-12-27(28)34)31(36)32-19-22-8-3-2-4-9-22/h2-18,29,33H,19-21H2,1H3,(H,32,36)/t29-/m0/s1. The number of hydrogen-bond acceptors (Lipinski definition) is 7. The number of fused-ring (bicyclic) bond motifs is 1. The highest BCUT2D eigenvalue weighted by Crippen LogP contribution is 2.33. The molecule has 1 aliphatic rings. The number of nitrogens with zero attached hydrogens (tertiary/aromatic N) is 1. The van der Waals surface area contributed by atoms with Crippen LogP contribution in [-0.4, -0.2) is 46.6 Å². The Morgan fingerprint density at radius 1 is 0.905 bits per heavy atom. The molecule has 2 N–H and O–H groups in total. The molecule has 42 heavy (non-hydrogen) atoms. The second-order valence-electron chi connectivity index (χ2n) is 9.38. The van der Waals surface area contributed by atoms with Crippen LogP contribution in [-0.2, 0) is 26.2 Å². The lowest BCUT2D eigenvalue weighted by Crippen LogP contribution is -2.51. The van der Waals surface area contributed by atoms with E-state index < -0.39 is 16.1 Å². The lowest BCUT2D eigenvalue weighted by molar-refractivity contribution is -0.128. The van der Waals surface area contributed by atoms with Crippen molar-refractivity contribution in [1.29, 1.82) is 0 Å². The molecule has 4 aromatic carbocycles. The van der Waals surface area contributed by atoms with Crippen LogP contribution in [0.15, 0.2) is 108 Å². The third kappa shape index (κ3) is 6.81. The Bertz CT molecular complexity index is 1660. The summed E-state index contributed by atoms with van der Waals surface area (Å²) in [6, 6.07) is 28.8.